The second kappa shape index (κ2) is 4.22. The largest absolute Gasteiger partial charge is 0.494 e. The van der Waals surface area contributed by atoms with Gasteiger partial charge in [-0.15, -0.1) is 0 Å². The number of ether oxygens (including phenoxy) is 1. The molecule has 0 atom stereocenters. The van der Waals surface area contributed by atoms with Crippen LogP contribution < -0.4 is 10.5 Å². The van der Waals surface area contributed by atoms with Gasteiger partial charge in [0.2, 0.25) is 0 Å². The zero-order chi connectivity index (χ0) is 10.7. The van der Waals surface area contributed by atoms with E-state index in [1.807, 2.05) is 6.92 Å². The van der Waals surface area contributed by atoms with E-state index in [-0.39, 0.29) is 0 Å². The van der Waals surface area contributed by atoms with Crippen LogP contribution in [0.1, 0.15) is 6.92 Å². The van der Waals surface area contributed by atoms with Crippen LogP contribution in [0.15, 0.2) is 18.3 Å². The SMILES string of the molecule is CCOc1ccnc(-c2nsc(N)n2)c1. The minimum Gasteiger partial charge on any atom is -0.494 e. The van der Waals surface area contributed by atoms with Gasteiger partial charge in [0.25, 0.3) is 0 Å². The highest BCUT2D eigenvalue weighted by molar-refractivity contribution is 7.09. The minimum atomic E-state index is 0.439. The molecule has 0 spiro atoms. The van der Waals surface area contributed by atoms with Gasteiger partial charge in [0.05, 0.1) is 6.61 Å². The Kier molecular flexibility index (Phi) is 2.77. The third-order valence-corrected chi connectivity index (χ3v) is 2.26. The van der Waals surface area contributed by atoms with Crippen LogP contribution in [0, 0.1) is 0 Å². The van der Waals surface area contributed by atoms with E-state index in [1.165, 1.54) is 0 Å². The van der Waals surface area contributed by atoms with Crippen LogP contribution in [-0.4, -0.2) is 20.9 Å². The Morgan fingerprint density at radius 3 is 3.07 bits per heavy atom. The van der Waals surface area contributed by atoms with E-state index in [4.69, 9.17) is 10.5 Å². The highest BCUT2D eigenvalue weighted by Crippen LogP contribution is 2.20. The Morgan fingerprint density at radius 1 is 1.53 bits per heavy atom. The molecule has 2 N–H and O–H groups in total. The van der Waals surface area contributed by atoms with Crippen LogP contribution in [0.5, 0.6) is 5.75 Å². The number of hydrogen-bond donors (Lipinski definition) is 1. The highest BCUT2D eigenvalue weighted by atomic mass is 32.1. The summed E-state index contributed by atoms with van der Waals surface area (Å²) in [5, 5.41) is 0.439. The molecule has 2 aromatic heterocycles. The van der Waals surface area contributed by atoms with Crippen molar-refractivity contribution in [2.75, 3.05) is 12.3 Å². The summed E-state index contributed by atoms with van der Waals surface area (Å²) in [6.45, 7) is 2.55. The van der Waals surface area contributed by atoms with Crippen LogP contribution in [0.3, 0.4) is 0 Å². The smallest absolute Gasteiger partial charge is 0.200 e. The van der Waals surface area contributed by atoms with E-state index in [0.29, 0.717) is 23.3 Å². The molecule has 2 aromatic rings. The van der Waals surface area contributed by atoms with Crippen molar-refractivity contribution in [3.05, 3.63) is 18.3 Å². The number of nitrogen functional groups attached to an aromatic ring is 1. The topological polar surface area (TPSA) is 73.9 Å². The van der Waals surface area contributed by atoms with Crippen LogP contribution in [0.2, 0.25) is 0 Å². The predicted molar refractivity (Wildman–Crippen MR) is 58.7 cm³/mol. The third-order valence-electron chi connectivity index (χ3n) is 1.71. The maximum Gasteiger partial charge on any atom is 0.200 e. The predicted octanol–water partition coefficient (Wildman–Crippen LogP) is 1.58. The molecule has 78 valence electrons. The van der Waals surface area contributed by atoms with E-state index >= 15 is 0 Å². The molecule has 0 bridgehead atoms. The monoisotopic (exact) mass is 222 g/mol. The highest BCUT2D eigenvalue weighted by Gasteiger charge is 2.06. The molecule has 0 fully saturated rings. The average molecular weight is 222 g/mol. The van der Waals surface area contributed by atoms with Crippen molar-refractivity contribution in [2.24, 2.45) is 0 Å². The van der Waals surface area contributed by atoms with Gasteiger partial charge in [0.15, 0.2) is 11.0 Å². The zero-order valence-electron chi connectivity index (χ0n) is 8.17. The summed E-state index contributed by atoms with van der Waals surface area (Å²) in [4.78, 5) is 8.20. The van der Waals surface area contributed by atoms with Crippen molar-refractivity contribution < 1.29 is 4.74 Å². The second-order valence-corrected chi connectivity index (χ2v) is 3.55. The van der Waals surface area contributed by atoms with E-state index in [9.17, 15) is 0 Å². The molecule has 0 aliphatic carbocycles. The summed E-state index contributed by atoms with van der Waals surface area (Å²) in [5.41, 5.74) is 6.17. The Hall–Kier alpha value is -1.69. The summed E-state index contributed by atoms with van der Waals surface area (Å²) in [7, 11) is 0. The van der Waals surface area contributed by atoms with Crippen LogP contribution in [0.4, 0.5) is 5.13 Å². The lowest BCUT2D eigenvalue weighted by Gasteiger charge is -2.02. The first-order chi connectivity index (χ1) is 7.29. The molecule has 0 unspecified atom stereocenters. The number of aromatic nitrogens is 3. The van der Waals surface area contributed by atoms with E-state index in [0.717, 1.165) is 17.3 Å². The Balaban J connectivity index is 2.32. The van der Waals surface area contributed by atoms with Crippen LogP contribution in [0.25, 0.3) is 11.5 Å². The van der Waals surface area contributed by atoms with Gasteiger partial charge in [-0.3, -0.25) is 4.98 Å². The van der Waals surface area contributed by atoms with Crippen molar-refractivity contribution in [1.82, 2.24) is 14.3 Å². The van der Waals surface area contributed by atoms with E-state index < -0.39 is 0 Å². The summed E-state index contributed by atoms with van der Waals surface area (Å²) in [5.74, 6) is 1.30. The molecule has 0 radical (unpaired) electrons. The summed E-state index contributed by atoms with van der Waals surface area (Å²) >= 11 is 1.15. The maximum absolute atomic E-state index is 5.50. The molecule has 0 saturated carbocycles. The van der Waals surface area contributed by atoms with Gasteiger partial charge >= 0.3 is 0 Å². The molecule has 0 aliphatic rings. The van der Waals surface area contributed by atoms with Crippen LogP contribution >= 0.6 is 11.5 Å². The van der Waals surface area contributed by atoms with E-state index in [1.54, 1.807) is 18.3 Å². The van der Waals surface area contributed by atoms with Gasteiger partial charge in [-0.2, -0.15) is 9.36 Å². The molecule has 0 aromatic carbocycles. The molecule has 15 heavy (non-hydrogen) atoms. The molecular formula is C9H10N4OS. The molecule has 2 rings (SSSR count). The minimum absolute atomic E-state index is 0.439. The van der Waals surface area contributed by atoms with Gasteiger partial charge in [-0.1, -0.05) is 0 Å². The number of rotatable bonds is 3. The fourth-order valence-electron chi connectivity index (χ4n) is 1.13. The molecule has 6 heteroatoms. The number of hydrogen-bond acceptors (Lipinski definition) is 6. The van der Waals surface area contributed by atoms with Gasteiger partial charge in [0.1, 0.15) is 11.4 Å². The number of pyridine rings is 1. The Morgan fingerprint density at radius 2 is 2.40 bits per heavy atom. The summed E-state index contributed by atoms with van der Waals surface area (Å²) in [6.07, 6.45) is 1.66. The lowest BCUT2D eigenvalue weighted by atomic mass is 10.3. The first-order valence-corrected chi connectivity index (χ1v) is 5.25. The molecule has 0 aliphatic heterocycles. The van der Waals surface area contributed by atoms with Crippen molar-refractivity contribution in [3.63, 3.8) is 0 Å². The lowest BCUT2D eigenvalue weighted by Crippen LogP contribution is -1.93. The first kappa shape index (κ1) is 9.85. The van der Waals surface area contributed by atoms with Crippen molar-refractivity contribution in [3.8, 4) is 17.3 Å². The number of nitrogens with two attached hydrogens (primary N) is 1. The van der Waals surface area contributed by atoms with Crippen molar-refractivity contribution in [1.29, 1.82) is 0 Å². The molecule has 0 amide bonds. The normalized spacial score (nSPS) is 10.2. The van der Waals surface area contributed by atoms with Crippen LogP contribution in [-0.2, 0) is 0 Å². The molecule has 5 nitrogen and oxygen atoms in total. The fraction of sp³-hybridized carbons (Fsp3) is 0.222. The van der Waals surface area contributed by atoms with Crippen molar-refractivity contribution >= 4 is 16.7 Å². The Labute approximate surface area is 91.1 Å². The van der Waals surface area contributed by atoms with Gasteiger partial charge < -0.3 is 10.5 Å². The van der Waals surface area contributed by atoms with Gasteiger partial charge in [-0.05, 0) is 13.0 Å². The average Bonchev–Trinajstić information content (AvgIpc) is 2.66. The fourth-order valence-corrected chi connectivity index (χ4v) is 1.57. The first-order valence-electron chi connectivity index (χ1n) is 4.48. The quantitative estimate of drug-likeness (QED) is 0.853. The maximum atomic E-state index is 5.50. The van der Waals surface area contributed by atoms with Gasteiger partial charge in [-0.25, -0.2) is 0 Å². The summed E-state index contributed by atoms with van der Waals surface area (Å²) < 4.78 is 9.43. The van der Waals surface area contributed by atoms with Crippen molar-refractivity contribution in [2.45, 2.75) is 6.92 Å². The standard InChI is InChI=1S/C9H10N4OS/c1-2-14-6-3-4-11-7(5-6)8-12-9(10)15-13-8/h3-5H,2H2,1H3,(H2,10,12,13). The second-order valence-electron chi connectivity index (χ2n) is 2.77. The van der Waals surface area contributed by atoms with Gasteiger partial charge in [0, 0.05) is 23.8 Å². The molecular weight excluding hydrogens is 212 g/mol. The number of nitrogens with zero attached hydrogens (tertiary/aromatic N) is 3. The summed E-state index contributed by atoms with van der Waals surface area (Å²) in [6, 6.07) is 3.59. The third kappa shape index (κ3) is 2.21. The number of anilines is 1. The molecule has 0 saturated heterocycles. The lowest BCUT2D eigenvalue weighted by molar-refractivity contribution is 0.340. The van der Waals surface area contributed by atoms with E-state index in [2.05, 4.69) is 14.3 Å². The molecule has 2 heterocycles. The zero-order valence-corrected chi connectivity index (χ0v) is 8.99. The Bertz CT molecular complexity index is 457.